The minimum absolute atomic E-state index is 0.0605. The van der Waals surface area contributed by atoms with E-state index in [9.17, 15) is 9.18 Å². The number of halogens is 1. The fraction of sp³-hybridized carbons (Fsp3) is 0.542. The molecule has 2 heterocycles. The number of nitrogens with zero attached hydrogens (tertiary/aromatic N) is 4. The first-order valence-electron chi connectivity index (χ1n) is 11.3. The molecule has 0 spiro atoms. The Bertz CT molecular complexity index is 942. The molecule has 172 valence electrons. The second-order valence-electron chi connectivity index (χ2n) is 8.20. The number of likely N-dealkylation sites (tertiary alicyclic amines) is 1. The number of piperidine rings is 1. The molecular formula is C24H32FN5OS. The molecule has 0 aliphatic carbocycles. The van der Waals surface area contributed by atoms with Crippen LogP contribution in [-0.2, 0) is 4.79 Å². The fourth-order valence-electron chi connectivity index (χ4n) is 4.05. The minimum atomic E-state index is -0.629. The first-order valence-corrected chi connectivity index (χ1v) is 12.3. The number of terminal acetylenes is 1. The molecule has 1 unspecified atom stereocenters. The number of amides is 1. The van der Waals surface area contributed by atoms with Gasteiger partial charge in [-0.15, -0.1) is 16.6 Å². The second kappa shape index (κ2) is 11.0. The van der Waals surface area contributed by atoms with Crippen LogP contribution in [0.4, 0.5) is 4.39 Å². The smallest absolute Gasteiger partial charge is 0.231 e. The Balaban J connectivity index is 1.84. The average molecular weight is 458 g/mol. The number of thioether (sulfide) groups is 1. The van der Waals surface area contributed by atoms with Gasteiger partial charge in [0.25, 0.3) is 0 Å². The van der Waals surface area contributed by atoms with Crippen LogP contribution < -0.4 is 5.32 Å². The van der Waals surface area contributed by atoms with Crippen molar-refractivity contribution in [3.63, 3.8) is 0 Å². The van der Waals surface area contributed by atoms with E-state index >= 15 is 0 Å². The fourth-order valence-corrected chi connectivity index (χ4v) is 4.81. The predicted molar refractivity (Wildman–Crippen MR) is 126 cm³/mol. The van der Waals surface area contributed by atoms with E-state index < -0.39 is 5.54 Å². The lowest BCUT2D eigenvalue weighted by Gasteiger charge is -2.31. The molecule has 0 bridgehead atoms. The summed E-state index contributed by atoms with van der Waals surface area (Å²) in [5.74, 6) is 3.24. The maximum absolute atomic E-state index is 13.6. The van der Waals surface area contributed by atoms with Crippen molar-refractivity contribution in [2.45, 2.75) is 69.6 Å². The zero-order valence-electron chi connectivity index (χ0n) is 19.1. The monoisotopic (exact) mass is 457 g/mol. The van der Waals surface area contributed by atoms with Gasteiger partial charge in [0.05, 0.1) is 11.8 Å². The van der Waals surface area contributed by atoms with Gasteiger partial charge >= 0.3 is 0 Å². The molecule has 0 saturated carbocycles. The molecule has 1 aliphatic rings. The summed E-state index contributed by atoms with van der Waals surface area (Å²) in [5, 5.41) is 12.5. The Labute approximate surface area is 194 Å². The van der Waals surface area contributed by atoms with E-state index in [4.69, 9.17) is 6.42 Å². The third kappa shape index (κ3) is 5.51. The van der Waals surface area contributed by atoms with Gasteiger partial charge in [0.2, 0.25) is 5.91 Å². The number of carbonyl (C=O) groups excluding carboxylic acids is 1. The van der Waals surface area contributed by atoms with Crippen LogP contribution in [0.5, 0.6) is 0 Å². The van der Waals surface area contributed by atoms with Crippen LogP contribution >= 0.6 is 11.8 Å². The summed E-state index contributed by atoms with van der Waals surface area (Å²) >= 11 is 1.31. The van der Waals surface area contributed by atoms with E-state index in [1.807, 2.05) is 18.4 Å². The lowest BCUT2D eigenvalue weighted by atomic mass is 9.94. The van der Waals surface area contributed by atoms with Gasteiger partial charge in [0.15, 0.2) is 11.0 Å². The topological polar surface area (TPSA) is 63.1 Å². The van der Waals surface area contributed by atoms with Crippen LogP contribution in [-0.4, -0.2) is 50.0 Å². The number of hydrogen-bond acceptors (Lipinski definition) is 5. The SMILES string of the molecule is C#CC(CC)(CC)NC(=O)CSc1nnc(C(C)N2CCCCC2)n1-c1ccc(F)cc1. The summed E-state index contributed by atoms with van der Waals surface area (Å²) in [4.78, 5) is 15.0. The normalized spacial score (nSPS) is 15.8. The molecule has 1 aliphatic heterocycles. The summed E-state index contributed by atoms with van der Waals surface area (Å²) < 4.78 is 15.5. The van der Waals surface area contributed by atoms with Crippen molar-refractivity contribution < 1.29 is 9.18 Å². The third-order valence-corrected chi connectivity index (χ3v) is 7.18. The highest BCUT2D eigenvalue weighted by Gasteiger charge is 2.28. The summed E-state index contributed by atoms with van der Waals surface area (Å²) in [6.07, 6.45) is 10.6. The van der Waals surface area contributed by atoms with Gasteiger partial charge in [-0.25, -0.2) is 4.39 Å². The number of rotatable bonds is 9. The van der Waals surface area contributed by atoms with Crippen LogP contribution in [0.25, 0.3) is 5.69 Å². The Hall–Kier alpha value is -2.37. The number of aromatic nitrogens is 3. The van der Waals surface area contributed by atoms with Crippen LogP contribution in [0.1, 0.15) is 64.7 Å². The molecule has 1 fully saturated rings. The van der Waals surface area contributed by atoms with Gasteiger partial charge in [-0.3, -0.25) is 14.3 Å². The molecule has 0 radical (unpaired) electrons. The number of nitrogens with one attached hydrogen (secondary N) is 1. The van der Waals surface area contributed by atoms with Crippen molar-refractivity contribution in [3.8, 4) is 18.0 Å². The van der Waals surface area contributed by atoms with Crippen molar-refractivity contribution >= 4 is 17.7 Å². The molecule has 1 N–H and O–H groups in total. The summed E-state index contributed by atoms with van der Waals surface area (Å²) in [6.45, 7) is 8.10. The highest BCUT2D eigenvalue weighted by atomic mass is 32.2. The minimum Gasteiger partial charge on any atom is -0.339 e. The molecule has 6 nitrogen and oxygen atoms in total. The maximum atomic E-state index is 13.6. The van der Waals surface area contributed by atoms with Crippen molar-refractivity contribution in [1.82, 2.24) is 25.0 Å². The predicted octanol–water partition coefficient (Wildman–Crippen LogP) is 4.35. The molecule has 1 amide bonds. The largest absolute Gasteiger partial charge is 0.339 e. The molecule has 2 aromatic rings. The van der Waals surface area contributed by atoms with E-state index in [-0.39, 0.29) is 23.5 Å². The molecule has 8 heteroatoms. The lowest BCUT2D eigenvalue weighted by Crippen LogP contribution is -2.47. The molecular weight excluding hydrogens is 425 g/mol. The zero-order chi connectivity index (χ0) is 23.1. The Kier molecular flexibility index (Phi) is 8.32. The summed E-state index contributed by atoms with van der Waals surface area (Å²) in [6, 6.07) is 6.34. The Morgan fingerprint density at radius 1 is 1.22 bits per heavy atom. The average Bonchev–Trinajstić information content (AvgIpc) is 3.26. The summed E-state index contributed by atoms with van der Waals surface area (Å²) in [5.41, 5.74) is 0.147. The standard InChI is InChI=1S/C24H32FN5OS/c1-5-24(6-2,7-3)26-21(31)17-32-23-28-27-22(18(4)29-15-9-8-10-16-29)30(23)20-13-11-19(25)12-14-20/h1,11-14,18H,6-10,15-17H2,2-4H3,(H,26,31). The van der Waals surface area contributed by atoms with Crippen molar-refractivity contribution in [2.75, 3.05) is 18.8 Å². The number of carbonyl (C=O) groups is 1. The molecule has 1 atom stereocenters. The van der Waals surface area contributed by atoms with Gasteiger partial charge in [-0.1, -0.05) is 38.0 Å². The maximum Gasteiger partial charge on any atom is 0.231 e. The van der Waals surface area contributed by atoms with Crippen molar-refractivity contribution in [2.24, 2.45) is 0 Å². The summed E-state index contributed by atoms with van der Waals surface area (Å²) in [7, 11) is 0. The molecule has 1 aromatic carbocycles. The quantitative estimate of drug-likeness (QED) is 0.448. The zero-order valence-corrected chi connectivity index (χ0v) is 19.9. The van der Waals surface area contributed by atoms with E-state index in [1.54, 1.807) is 12.1 Å². The molecule has 32 heavy (non-hydrogen) atoms. The number of benzene rings is 1. The van der Waals surface area contributed by atoms with Gasteiger partial charge in [0.1, 0.15) is 11.4 Å². The third-order valence-electron chi connectivity index (χ3n) is 6.25. The first kappa shape index (κ1) is 24.3. The molecule has 3 rings (SSSR count). The van der Waals surface area contributed by atoms with E-state index in [0.29, 0.717) is 18.0 Å². The highest BCUT2D eigenvalue weighted by molar-refractivity contribution is 7.99. The van der Waals surface area contributed by atoms with Crippen LogP contribution in [0.2, 0.25) is 0 Å². The second-order valence-corrected chi connectivity index (χ2v) is 9.14. The Morgan fingerprint density at radius 3 is 2.47 bits per heavy atom. The first-order chi connectivity index (χ1) is 15.4. The van der Waals surface area contributed by atoms with Crippen molar-refractivity contribution in [1.29, 1.82) is 0 Å². The molecule has 1 saturated heterocycles. The van der Waals surface area contributed by atoms with E-state index in [1.165, 1.54) is 43.2 Å². The Morgan fingerprint density at radius 2 is 1.88 bits per heavy atom. The van der Waals surface area contributed by atoms with Crippen LogP contribution in [0.3, 0.4) is 0 Å². The van der Waals surface area contributed by atoms with Gasteiger partial charge in [0, 0.05) is 5.69 Å². The van der Waals surface area contributed by atoms with Gasteiger partial charge in [-0.05, 0) is 70.0 Å². The highest BCUT2D eigenvalue weighted by Crippen LogP contribution is 2.29. The van der Waals surface area contributed by atoms with Crippen LogP contribution in [0.15, 0.2) is 29.4 Å². The molecule has 1 aromatic heterocycles. The van der Waals surface area contributed by atoms with Gasteiger partial charge < -0.3 is 5.32 Å². The van der Waals surface area contributed by atoms with Crippen molar-refractivity contribution in [3.05, 3.63) is 35.9 Å². The van der Waals surface area contributed by atoms with Crippen LogP contribution in [0, 0.1) is 18.2 Å². The van der Waals surface area contributed by atoms with E-state index in [2.05, 4.69) is 33.3 Å². The number of hydrogen-bond donors (Lipinski definition) is 1. The lowest BCUT2D eigenvalue weighted by molar-refractivity contribution is -0.119. The van der Waals surface area contributed by atoms with E-state index in [0.717, 1.165) is 24.6 Å². The van der Waals surface area contributed by atoms with Gasteiger partial charge in [-0.2, -0.15) is 0 Å².